The number of hydrogen-bond donors (Lipinski definition) is 1. The molecule has 0 amide bonds. The van der Waals surface area contributed by atoms with Crippen LogP contribution in [0.2, 0.25) is 0 Å². The first kappa shape index (κ1) is 9.92. The maximum absolute atomic E-state index is 8.78. The van der Waals surface area contributed by atoms with Gasteiger partial charge < -0.3 is 5.11 Å². The Labute approximate surface area is 73.5 Å². The Hall–Kier alpha value is -0.160. The molecule has 0 aromatic carbocycles. The molecule has 1 atom stereocenters. The summed E-state index contributed by atoms with van der Waals surface area (Å²) in [6.07, 6.45) is 0.753. The smallest absolute Gasteiger partial charge is 0.0657 e. The van der Waals surface area contributed by atoms with E-state index in [1.54, 1.807) is 0 Å². The summed E-state index contributed by atoms with van der Waals surface area (Å²) in [6, 6.07) is 0.281. The average molecular weight is 173 g/mol. The molecule has 1 rings (SSSR count). The largest absolute Gasteiger partial charge is 0.396 e. The molecule has 1 unspecified atom stereocenters. The molecule has 1 saturated heterocycles. The second kappa shape index (κ2) is 5.48. The van der Waals surface area contributed by atoms with Crippen LogP contribution >= 0.6 is 0 Å². The van der Waals surface area contributed by atoms with Crippen LogP contribution in [0.25, 0.3) is 0 Å². The molecule has 1 aliphatic heterocycles. The quantitative estimate of drug-likeness (QED) is 0.629. The molecule has 0 aromatic heterocycles. The summed E-state index contributed by atoms with van der Waals surface area (Å²) in [5.74, 6) is 0. The SMILES string of the molecule is CCON1CC[N]CC1CCO. The maximum atomic E-state index is 8.78. The zero-order chi connectivity index (χ0) is 8.81. The van der Waals surface area contributed by atoms with E-state index in [0.29, 0.717) is 6.61 Å². The molecule has 4 heteroatoms. The van der Waals surface area contributed by atoms with E-state index in [2.05, 4.69) is 5.32 Å². The van der Waals surface area contributed by atoms with Gasteiger partial charge in [0.15, 0.2) is 0 Å². The zero-order valence-electron chi connectivity index (χ0n) is 7.57. The number of hydroxylamine groups is 2. The van der Waals surface area contributed by atoms with Gasteiger partial charge in [0.25, 0.3) is 0 Å². The molecule has 0 bridgehead atoms. The first-order valence-corrected chi connectivity index (χ1v) is 4.52. The minimum absolute atomic E-state index is 0.212. The fourth-order valence-corrected chi connectivity index (χ4v) is 1.40. The van der Waals surface area contributed by atoms with E-state index >= 15 is 0 Å². The van der Waals surface area contributed by atoms with E-state index in [9.17, 15) is 0 Å². The molecule has 1 aliphatic rings. The Morgan fingerprint density at radius 3 is 3.17 bits per heavy atom. The first-order chi connectivity index (χ1) is 5.88. The number of rotatable bonds is 4. The number of aliphatic hydroxyl groups excluding tert-OH is 1. The Morgan fingerprint density at radius 1 is 1.67 bits per heavy atom. The van der Waals surface area contributed by atoms with E-state index < -0.39 is 0 Å². The predicted octanol–water partition coefficient (Wildman–Crippen LogP) is -0.391. The van der Waals surface area contributed by atoms with Gasteiger partial charge in [-0.3, -0.25) is 4.84 Å². The lowest BCUT2D eigenvalue weighted by molar-refractivity contribution is -0.192. The summed E-state index contributed by atoms with van der Waals surface area (Å²) in [6.45, 7) is 5.38. The zero-order valence-corrected chi connectivity index (χ0v) is 7.57. The van der Waals surface area contributed by atoms with Crippen molar-refractivity contribution in [3.05, 3.63) is 0 Å². The lowest BCUT2D eigenvalue weighted by Crippen LogP contribution is -2.48. The topological polar surface area (TPSA) is 46.8 Å². The second-order valence-electron chi connectivity index (χ2n) is 2.85. The summed E-state index contributed by atoms with van der Waals surface area (Å²) in [5, 5.41) is 15.0. The van der Waals surface area contributed by atoms with Gasteiger partial charge in [-0.15, -0.1) is 0 Å². The molecular weight excluding hydrogens is 156 g/mol. The second-order valence-corrected chi connectivity index (χ2v) is 2.85. The third-order valence-corrected chi connectivity index (χ3v) is 1.98. The van der Waals surface area contributed by atoms with Crippen molar-refractivity contribution in [1.29, 1.82) is 0 Å². The highest BCUT2D eigenvalue weighted by Gasteiger charge is 2.22. The molecule has 1 radical (unpaired) electrons. The molecule has 4 nitrogen and oxygen atoms in total. The van der Waals surface area contributed by atoms with E-state index in [0.717, 1.165) is 26.1 Å². The Kier molecular flexibility index (Phi) is 4.53. The first-order valence-electron chi connectivity index (χ1n) is 4.52. The summed E-state index contributed by atoms with van der Waals surface area (Å²) < 4.78 is 0. The third kappa shape index (κ3) is 2.71. The number of aliphatic hydroxyl groups is 1. The summed E-state index contributed by atoms with van der Waals surface area (Å²) in [7, 11) is 0. The Morgan fingerprint density at radius 2 is 2.50 bits per heavy atom. The molecule has 71 valence electrons. The molecule has 1 heterocycles. The molecule has 12 heavy (non-hydrogen) atoms. The molecule has 0 saturated carbocycles. The number of piperazine rings is 1. The van der Waals surface area contributed by atoms with Crippen LogP contribution < -0.4 is 5.32 Å². The number of hydrogen-bond acceptors (Lipinski definition) is 3. The minimum atomic E-state index is 0.212. The van der Waals surface area contributed by atoms with E-state index in [4.69, 9.17) is 9.94 Å². The Balaban J connectivity index is 2.31. The fourth-order valence-electron chi connectivity index (χ4n) is 1.40. The minimum Gasteiger partial charge on any atom is -0.396 e. The van der Waals surface area contributed by atoms with E-state index in [1.807, 2.05) is 12.0 Å². The van der Waals surface area contributed by atoms with Crippen LogP contribution in [0.3, 0.4) is 0 Å². The fraction of sp³-hybridized carbons (Fsp3) is 1.00. The van der Waals surface area contributed by atoms with Gasteiger partial charge in [-0.25, -0.2) is 5.32 Å². The van der Waals surface area contributed by atoms with Gasteiger partial charge in [0.2, 0.25) is 0 Å². The lowest BCUT2D eigenvalue weighted by Gasteiger charge is -2.33. The van der Waals surface area contributed by atoms with Crippen LogP contribution in [0.1, 0.15) is 13.3 Å². The monoisotopic (exact) mass is 173 g/mol. The van der Waals surface area contributed by atoms with Crippen LogP contribution in [0.4, 0.5) is 0 Å². The summed E-state index contributed by atoms with van der Waals surface area (Å²) in [4.78, 5) is 5.41. The van der Waals surface area contributed by atoms with Crippen molar-refractivity contribution in [1.82, 2.24) is 10.4 Å². The van der Waals surface area contributed by atoms with E-state index in [-0.39, 0.29) is 12.6 Å². The van der Waals surface area contributed by atoms with Crippen molar-refractivity contribution >= 4 is 0 Å². The van der Waals surface area contributed by atoms with Gasteiger partial charge in [0.05, 0.1) is 12.6 Å². The molecule has 1 N–H and O–H groups in total. The standard InChI is InChI=1S/C8H17N2O2/c1-2-12-10-5-4-9-7-8(10)3-6-11/h8,11H,2-7H2,1H3. The van der Waals surface area contributed by atoms with Gasteiger partial charge in [-0.1, -0.05) is 0 Å². The molecule has 0 spiro atoms. The highest BCUT2D eigenvalue weighted by molar-refractivity contribution is 4.74. The Bertz CT molecular complexity index is 104. The van der Waals surface area contributed by atoms with Crippen LogP contribution in [0.15, 0.2) is 0 Å². The van der Waals surface area contributed by atoms with Crippen molar-refractivity contribution in [2.75, 3.05) is 32.8 Å². The van der Waals surface area contributed by atoms with E-state index in [1.165, 1.54) is 0 Å². The third-order valence-electron chi connectivity index (χ3n) is 1.98. The van der Waals surface area contributed by atoms with Gasteiger partial charge in [-0.2, -0.15) is 5.06 Å². The van der Waals surface area contributed by atoms with Crippen molar-refractivity contribution in [2.24, 2.45) is 0 Å². The summed E-state index contributed by atoms with van der Waals surface area (Å²) in [5.41, 5.74) is 0. The van der Waals surface area contributed by atoms with Crippen LogP contribution in [0.5, 0.6) is 0 Å². The van der Waals surface area contributed by atoms with Crippen LogP contribution in [0, 0.1) is 0 Å². The lowest BCUT2D eigenvalue weighted by atomic mass is 10.2. The number of nitrogens with zero attached hydrogens (tertiary/aromatic N) is 2. The molecule has 0 aromatic rings. The van der Waals surface area contributed by atoms with Crippen molar-refractivity contribution < 1.29 is 9.94 Å². The van der Waals surface area contributed by atoms with Gasteiger partial charge in [0, 0.05) is 26.2 Å². The van der Waals surface area contributed by atoms with Gasteiger partial charge in [-0.05, 0) is 13.3 Å². The predicted molar refractivity (Wildman–Crippen MR) is 45.7 cm³/mol. The van der Waals surface area contributed by atoms with Crippen molar-refractivity contribution in [3.8, 4) is 0 Å². The highest BCUT2D eigenvalue weighted by Crippen LogP contribution is 2.07. The van der Waals surface area contributed by atoms with Crippen LogP contribution in [-0.2, 0) is 4.84 Å². The average Bonchev–Trinajstić information content (AvgIpc) is 2.09. The molecule has 1 fully saturated rings. The van der Waals surface area contributed by atoms with Gasteiger partial charge in [0.1, 0.15) is 0 Å². The normalized spacial score (nSPS) is 26.0. The van der Waals surface area contributed by atoms with Crippen molar-refractivity contribution in [3.63, 3.8) is 0 Å². The van der Waals surface area contributed by atoms with Crippen molar-refractivity contribution in [2.45, 2.75) is 19.4 Å². The molecular formula is C8H17N2O2. The van der Waals surface area contributed by atoms with Crippen LogP contribution in [-0.4, -0.2) is 49.1 Å². The highest BCUT2D eigenvalue weighted by atomic mass is 16.7. The van der Waals surface area contributed by atoms with Gasteiger partial charge >= 0.3 is 0 Å². The maximum Gasteiger partial charge on any atom is 0.0657 e. The molecule has 0 aliphatic carbocycles. The summed E-state index contributed by atoms with van der Waals surface area (Å²) >= 11 is 0.